The zero-order valence-corrected chi connectivity index (χ0v) is 21.4. The maximum atomic E-state index is 10.8. The van der Waals surface area contributed by atoms with Crippen LogP contribution in [-0.2, 0) is 0 Å². The van der Waals surface area contributed by atoms with Gasteiger partial charge in [0.15, 0.2) is 0 Å². The SMILES string of the molecule is CC(C)(O)/C=C/CC[C@H]1CC[C@@]2(C)C3=C(CC[C@@]12C)[C@@]1(C)CC[C@@H](O)C(C)(C)[C@@H]1CC3. The highest BCUT2D eigenvalue weighted by atomic mass is 16.3. The predicted octanol–water partition coefficient (Wildman–Crippen LogP) is 7.20. The fourth-order valence-electron chi connectivity index (χ4n) is 8.93. The molecule has 0 aromatic carbocycles. The molecule has 4 aliphatic carbocycles. The molecular weight excluding hydrogens is 380 g/mol. The first-order valence-electron chi connectivity index (χ1n) is 13.1. The zero-order chi connectivity index (χ0) is 22.9. The molecule has 4 aliphatic rings. The molecule has 176 valence electrons. The lowest BCUT2D eigenvalue weighted by Gasteiger charge is -2.62. The van der Waals surface area contributed by atoms with Crippen molar-refractivity contribution in [3.8, 4) is 0 Å². The Bertz CT molecular complexity index is 768. The van der Waals surface area contributed by atoms with Gasteiger partial charge in [0, 0.05) is 0 Å². The lowest BCUT2D eigenvalue weighted by Crippen LogP contribution is -2.54. The largest absolute Gasteiger partial charge is 0.393 e. The molecule has 6 atom stereocenters. The van der Waals surface area contributed by atoms with Crippen LogP contribution in [0.5, 0.6) is 0 Å². The van der Waals surface area contributed by atoms with Gasteiger partial charge in [-0.1, -0.05) is 57.9 Å². The summed E-state index contributed by atoms with van der Waals surface area (Å²) in [6.45, 7) is 16.1. The van der Waals surface area contributed by atoms with Crippen LogP contribution in [0.15, 0.2) is 23.3 Å². The molecule has 0 spiro atoms. The van der Waals surface area contributed by atoms with Gasteiger partial charge in [0.25, 0.3) is 0 Å². The zero-order valence-electron chi connectivity index (χ0n) is 21.4. The Morgan fingerprint density at radius 3 is 2.32 bits per heavy atom. The van der Waals surface area contributed by atoms with Gasteiger partial charge in [-0.3, -0.25) is 0 Å². The summed E-state index contributed by atoms with van der Waals surface area (Å²) >= 11 is 0. The van der Waals surface area contributed by atoms with Gasteiger partial charge in [-0.2, -0.15) is 0 Å². The Balaban J connectivity index is 1.60. The number of hydrogen-bond acceptors (Lipinski definition) is 2. The molecule has 2 N–H and O–H groups in total. The first-order valence-corrected chi connectivity index (χ1v) is 13.1. The van der Waals surface area contributed by atoms with E-state index in [1.54, 1.807) is 0 Å². The molecule has 0 aliphatic heterocycles. The average Bonchev–Trinajstić information content (AvgIpc) is 2.93. The predicted molar refractivity (Wildman–Crippen MR) is 130 cm³/mol. The minimum absolute atomic E-state index is 0.0260. The fraction of sp³-hybridized carbons (Fsp3) is 0.862. The van der Waals surface area contributed by atoms with Crippen molar-refractivity contribution in [2.24, 2.45) is 33.5 Å². The second kappa shape index (κ2) is 7.45. The third-order valence-electron chi connectivity index (χ3n) is 11.1. The van der Waals surface area contributed by atoms with E-state index < -0.39 is 5.60 Å². The minimum Gasteiger partial charge on any atom is -0.393 e. The molecule has 0 radical (unpaired) electrons. The highest BCUT2D eigenvalue weighted by Crippen LogP contribution is 2.72. The Morgan fingerprint density at radius 2 is 1.65 bits per heavy atom. The summed E-state index contributed by atoms with van der Waals surface area (Å²) in [4.78, 5) is 0. The van der Waals surface area contributed by atoms with Crippen LogP contribution in [0.3, 0.4) is 0 Å². The molecule has 2 heteroatoms. The standard InChI is InChI=1S/C29H48O2/c1-25(2,31)16-9-8-10-20-13-18-29(7)22-11-12-23-26(3,4)24(30)15-17-27(23,5)21(22)14-19-28(20,29)6/h9,16,20,23-24,30-31H,8,10-15,17-19H2,1-7H3/b16-9+/t20-,23-,24+,27+,28-,29-/m0/s1. The number of rotatable bonds is 4. The summed E-state index contributed by atoms with van der Waals surface area (Å²) in [6.07, 6.45) is 16.3. The fourth-order valence-corrected chi connectivity index (χ4v) is 8.93. The van der Waals surface area contributed by atoms with Crippen molar-refractivity contribution in [3.63, 3.8) is 0 Å². The summed E-state index contributed by atoms with van der Waals surface area (Å²) in [5.41, 5.74) is 4.01. The molecule has 0 saturated heterocycles. The number of aliphatic hydroxyl groups is 2. The van der Waals surface area contributed by atoms with Gasteiger partial charge in [0.1, 0.15) is 0 Å². The first kappa shape index (κ1) is 23.6. The van der Waals surface area contributed by atoms with Gasteiger partial charge in [0.05, 0.1) is 11.7 Å². The topological polar surface area (TPSA) is 40.5 Å². The lowest BCUT2D eigenvalue weighted by atomic mass is 9.43. The van der Waals surface area contributed by atoms with Crippen molar-refractivity contribution in [1.29, 1.82) is 0 Å². The number of aliphatic hydroxyl groups excluding tert-OH is 1. The van der Waals surface area contributed by atoms with Crippen molar-refractivity contribution >= 4 is 0 Å². The van der Waals surface area contributed by atoms with Gasteiger partial charge in [-0.05, 0) is 112 Å². The Kier molecular flexibility index (Phi) is 5.66. The number of hydrogen-bond donors (Lipinski definition) is 2. The molecule has 31 heavy (non-hydrogen) atoms. The third-order valence-corrected chi connectivity index (χ3v) is 11.1. The highest BCUT2D eigenvalue weighted by Gasteiger charge is 2.62. The number of allylic oxidation sites excluding steroid dienone is 3. The molecule has 0 aromatic heterocycles. The van der Waals surface area contributed by atoms with E-state index in [0.29, 0.717) is 16.7 Å². The van der Waals surface area contributed by atoms with E-state index in [1.165, 1.54) is 51.4 Å². The Hall–Kier alpha value is -0.600. The molecule has 2 saturated carbocycles. The van der Waals surface area contributed by atoms with Gasteiger partial charge in [-0.15, -0.1) is 0 Å². The van der Waals surface area contributed by atoms with E-state index in [2.05, 4.69) is 40.7 Å². The number of fused-ring (bicyclic) bond motifs is 4. The van der Waals surface area contributed by atoms with Crippen molar-refractivity contribution in [2.75, 3.05) is 0 Å². The quantitative estimate of drug-likeness (QED) is 0.465. The van der Waals surface area contributed by atoms with Crippen LogP contribution >= 0.6 is 0 Å². The smallest absolute Gasteiger partial charge is 0.0771 e. The summed E-state index contributed by atoms with van der Waals surface area (Å²) in [5, 5.41) is 20.8. The summed E-state index contributed by atoms with van der Waals surface area (Å²) in [5.74, 6) is 1.40. The van der Waals surface area contributed by atoms with Crippen LogP contribution in [0.1, 0.15) is 113 Å². The van der Waals surface area contributed by atoms with E-state index >= 15 is 0 Å². The first-order chi connectivity index (χ1) is 14.3. The second-order valence-corrected chi connectivity index (χ2v) is 13.5. The van der Waals surface area contributed by atoms with Crippen LogP contribution in [0, 0.1) is 33.5 Å². The maximum Gasteiger partial charge on any atom is 0.0771 e. The average molecular weight is 429 g/mol. The summed E-state index contributed by atoms with van der Waals surface area (Å²) in [7, 11) is 0. The van der Waals surface area contributed by atoms with Gasteiger partial charge >= 0.3 is 0 Å². The molecule has 4 rings (SSSR count). The van der Waals surface area contributed by atoms with E-state index in [0.717, 1.165) is 18.8 Å². The third kappa shape index (κ3) is 3.50. The van der Waals surface area contributed by atoms with Crippen molar-refractivity contribution < 1.29 is 10.2 Å². The van der Waals surface area contributed by atoms with Crippen molar-refractivity contribution in [1.82, 2.24) is 0 Å². The molecule has 0 bridgehead atoms. The van der Waals surface area contributed by atoms with Gasteiger partial charge in [-0.25, -0.2) is 0 Å². The van der Waals surface area contributed by atoms with Crippen LogP contribution in [0.4, 0.5) is 0 Å². The van der Waals surface area contributed by atoms with E-state index in [9.17, 15) is 10.2 Å². The normalized spacial score (nSPS) is 44.9. The highest BCUT2D eigenvalue weighted by molar-refractivity contribution is 5.38. The second-order valence-electron chi connectivity index (χ2n) is 13.5. The summed E-state index contributed by atoms with van der Waals surface area (Å²) in [6, 6.07) is 0. The Morgan fingerprint density at radius 1 is 0.935 bits per heavy atom. The maximum absolute atomic E-state index is 10.8. The van der Waals surface area contributed by atoms with Crippen LogP contribution < -0.4 is 0 Å². The molecule has 0 heterocycles. The van der Waals surface area contributed by atoms with E-state index in [4.69, 9.17) is 0 Å². The molecule has 2 fully saturated rings. The van der Waals surface area contributed by atoms with Crippen LogP contribution in [0.25, 0.3) is 0 Å². The molecule has 2 nitrogen and oxygen atoms in total. The van der Waals surface area contributed by atoms with Crippen molar-refractivity contribution in [2.45, 2.75) is 124 Å². The van der Waals surface area contributed by atoms with Crippen LogP contribution in [0.2, 0.25) is 0 Å². The minimum atomic E-state index is -0.700. The Labute approximate surface area is 191 Å². The molecule has 0 aromatic rings. The summed E-state index contributed by atoms with van der Waals surface area (Å²) < 4.78 is 0. The van der Waals surface area contributed by atoms with E-state index in [1.807, 2.05) is 31.1 Å². The van der Waals surface area contributed by atoms with Gasteiger partial charge < -0.3 is 10.2 Å². The van der Waals surface area contributed by atoms with Gasteiger partial charge in [0.2, 0.25) is 0 Å². The lowest BCUT2D eigenvalue weighted by molar-refractivity contribution is -0.0957. The van der Waals surface area contributed by atoms with E-state index in [-0.39, 0.29) is 16.9 Å². The molecule has 0 amide bonds. The van der Waals surface area contributed by atoms with Crippen molar-refractivity contribution in [3.05, 3.63) is 23.3 Å². The monoisotopic (exact) mass is 428 g/mol. The molecular formula is C29H48O2. The molecule has 0 unspecified atom stereocenters. The van der Waals surface area contributed by atoms with Crippen LogP contribution in [-0.4, -0.2) is 21.9 Å².